The van der Waals surface area contributed by atoms with Crippen LogP contribution in [0.5, 0.6) is 0 Å². The number of carbonyl (C=O) groups excluding carboxylic acids is 1. The molecule has 0 fully saturated rings. The van der Waals surface area contributed by atoms with Gasteiger partial charge < -0.3 is 10.0 Å². The Morgan fingerprint density at radius 2 is 2.09 bits per heavy atom. The third-order valence-corrected chi connectivity index (χ3v) is 3.92. The Kier molecular flexibility index (Phi) is 3.63. The number of pyridine rings is 1. The van der Waals surface area contributed by atoms with Crippen LogP contribution in [-0.2, 0) is 13.0 Å². The van der Waals surface area contributed by atoms with Crippen LogP contribution in [0.1, 0.15) is 37.4 Å². The molecule has 3 rings (SSSR count). The van der Waals surface area contributed by atoms with E-state index < -0.39 is 5.97 Å². The number of aromatic nitrogens is 1. The van der Waals surface area contributed by atoms with Gasteiger partial charge in [0.05, 0.1) is 5.56 Å². The number of rotatable bonds is 2. The highest BCUT2D eigenvalue weighted by atomic mass is 16.4. The van der Waals surface area contributed by atoms with Crippen molar-refractivity contribution in [3.63, 3.8) is 0 Å². The zero-order valence-electron chi connectivity index (χ0n) is 12.2. The van der Waals surface area contributed by atoms with Crippen LogP contribution in [0.2, 0.25) is 0 Å². The fourth-order valence-corrected chi connectivity index (χ4v) is 2.81. The van der Waals surface area contributed by atoms with Gasteiger partial charge in [0, 0.05) is 31.0 Å². The number of carboxylic acids is 1. The SMILES string of the molecule is Cc1cccc(C(=O)N2CCc3c(cncc3C(=O)O)C2)c1. The Morgan fingerprint density at radius 1 is 1.27 bits per heavy atom. The Balaban J connectivity index is 1.87. The molecule has 1 aliphatic heterocycles. The van der Waals surface area contributed by atoms with Crippen molar-refractivity contribution >= 4 is 11.9 Å². The van der Waals surface area contributed by atoms with E-state index in [-0.39, 0.29) is 11.5 Å². The van der Waals surface area contributed by atoms with Crippen LogP contribution in [0, 0.1) is 6.92 Å². The normalized spacial score (nSPS) is 13.6. The zero-order valence-corrected chi connectivity index (χ0v) is 12.2. The highest BCUT2D eigenvalue weighted by molar-refractivity contribution is 5.95. The van der Waals surface area contributed by atoms with Crippen molar-refractivity contribution in [3.05, 3.63) is 64.5 Å². The van der Waals surface area contributed by atoms with Gasteiger partial charge in [0.25, 0.3) is 5.91 Å². The lowest BCUT2D eigenvalue weighted by molar-refractivity contribution is 0.0693. The van der Waals surface area contributed by atoms with Gasteiger partial charge in [-0.05, 0) is 36.6 Å². The van der Waals surface area contributed by atoms with E-state index in [1.165, 1.54) is 6.20 Å². The molecule has 0 saturated heterocycles. The first-order chi connectivity index (χ1) is 10.6. The van der Waals surface area contributed by atoms with Gasteiger partial charge in [-0.1, -0.05) is 17.7 Å². The quantitative estimate of drug-likeness (QED) is 0.923. The lowest BCUT2D eigenvalue weighted by Crippen LogP contribution is -2.36. The molecule has 5 heteroatoms. The van der Waals surface area contributed by atoms with Crippen LogP contribution in [0.4, 0.5) is 0 Å². The molecule has 0 radical (unpaired) electrons. The van der Waals surface area contributed by atoms with Crippen LogP contribution in [0.3, 0.4) is 0 Å². The first kappa shape index (κ1) is 14.3. The molecule has 0 aliphatic carbocycles. The van der Waals surface area contributed by atoms with Crippen molar-refractivity contribution in [1.82, 2.24) is 9.88 Å². The predicted octanol–water partition coefficient (Wildman–Crippen LogP) is 2.29. The van der Waals surface area contributed by atoms with Gasteiger partial charge in [-0.25, -0.2) is 4.79 Å². The minimum Gasteiger partial charge on any atom is -0.478 e. The van der Waals surface area contributed by atoms with Crippen LogP contribution >= 0.6 is 0 Å². The summed E-state index contributed by atoms with van der Waals surface area (Å²) in [6.45, 7) is 2.87. The molecule has 1 N–H and O–H groups in total. The molecule has 1 aromatic carbocycles. The van der Waals surface area contributed by atoms with Crippen molar-refractivity contribution in [2.24, 2.45) is 0 Å². The molecular formula is C17H16N2O3. The summed E-state index contributed by atoms with van der Waals surface area (Å²) in [4.78, 5) is 29.5. The summed E-state index contributed by atoms with van der Waals surface area (Å²) in [5.74, 6) is -1.00. The number of hydrogen-bond donors (Lipinski definition) is 1. The van der Waals surface area contributed by atoms with Gasteiger partial charge in [0.2, 0.25) is 0 Å². The highest BCUT2D eigenvalue weighted by Crippen LogP contribution is 2.23. The first-order valence-corrected chi connectivity index (χ1v) is 7.11. The molecule has 0 atom stereocenters. The minimum absolute atomic E-state index is 0.0323. The maximum absolute atomic E-state index is 12.6. The monoisotopic (exact) mass is 296 g/mol. The number of carbonyl (C=O) groups is 2. The Labute approximate surface area is 128 Å². The average Bonchev–Trinajstić information content (AvgIpc) is 2.53. The van der Waals surface area contributed by atoms with Gasteiger partial charge in [-0.3, -0.25) is 9.78 Å². The summed E-state index contributed by atoms with van der Waals surface area (Å²) in [6.07, 6.45) is 3.56. The number of hydrogen-bond acceptors (Lipinski definition) is 3. The summed E-state index contributed by atoms with van der Waals surface area (Å²) in [5, 5.41) is 9.20. The van der Waals surface area contributed by atoms with Gasteiger partial charge in [-0.15, -0.1) is 0 Å². The third-order valence-electron chi connectivity index (χ3n) is 3.92. The van der Waals surface area contributed by atoms with Gasteiger partial charge in [0.15, 0.2) is 0 Å². The Hall–Kier alpha value is -2.69. The molecule has 2 heterocycles. The van der Waals surface area contributed by atoms with Gasteiger partial charge >= 0.3 is 5.97 Å². The molecule has 1 aromatic heterocycles. The second-order valence-electron chi connectivity index (χ2n) is 5.48. The summed E-state index contributed by atoms with van der Waals surface area (Å²) in [7, 11) is 0. The van der Waals surface area contributed by atoms with E-state index >= 15 is 0 Å². The van der Waals surface area contributed by atoms with Gasteiger partial charge in [-0.2, -0.15) is 0 Å². The number of benzene rings is 1. The molecule has 2 aromatic rings. The van der Waals surface area contributed by atoms with Crippen LogP contribution < -0.4 is 0 Å². The van der Waals surface area contributed by atoms with E-state index in [0.29, 0.717) is 25.1 Å². The number of aryl methyl sites for hydroxylation is 1. The number of aromatic carboxylic acids is 1. The van der Waals surface area contributed by atoms with E-state index in [2.05, 4.69) is 4.98 Å². The molecule has 1 aliphatic rings. The maximum atomic E-state index is 12.6. The molecule has 22 heavy (non-hydrogen) atoms. The lowest BCUT2D eigenvalue weighted by atomic mass is 9.96. The molecular weight excluding hydrogens is 280 g/mol. The van der Waals surface area contributed by atoms with Crippen LogP contribution in [0.25, 0.3) is 0 Å². The molecule has 5 nitrogen and oxygen atoms in total. The molecule has 0 spiro atoms. The summed E-state index contributed by atoms with van der Waals surface area (Å²) in [6, 6.07) is 7.48. The summed E-state index contributed by atoms with van der Waals surface area (Å²) < 4.78 is 0. The van der Waals surface area contributed by atoms with Crippen LogP contribution in [0.15, 0.2) is 36.7 Å². The average molecular weight is 296 g/mol. The molecule has 0 bridgehead atoms. The standard InChI is InChI=1S/C17H16N2O3/c1-11-3-2-4-12(7-11)16(20)19-6-5-14-13(10-19)8-18-9-15(14)17(21)22/h2-4,7-9H,5-6,10H2,1H3,(H,21,22). The topological polar surface area (TPSA) is 70.5 Å². The predicted molar refractivity (Wildman–Crippen MR) is 80.8 cm³/mol. The van der Waals surface area contributed by atoms with E-state index in [1.54, 1.807) is 17.2 Å². The van der Waals surface area contributed by atoms with Crippen molar-refractivity contribution in [2.75, 3.05) is 6.54 Å². The minimum atomic E-state index is -0.970. The molecule has 0 saturated carbocycles. The van der Waals surface area contributed by atoms with Crippen molar-refractivity contribution in [3.8, 4) is 0 Å². The smallest absolute Gasteiger partial charge is 0.337 e. The van der Waals surface area contributed by atoms with Crippen molar-refractivity contribution in [2.45, 2.75) is 19.9 Å². The van der Waals surface area contributed by atoms with Crippen molar-refractivity contribution in [1.29, 1.82) is 0 Å². The third kappa shape index (κ3) is 2.57. The number of nitrogens with zero attached hydrogens (tertiary/aromatic N) is 2. The highest BCUT2D eigenvalue weighted by Gasteiger charge is 2.25. The zero-order chi connectivity index (χ0) is 15.7. The fraction of sp³-hybridized carbons (Fsp3) is 0.235. The van der Waals surface area contributed by atoms with E-state index in [1.807, 2.05) is 25.1 Å². The molecule has 1 amide bonds. The summed E-state index contributed by atoms with van der Waals surface area (Å²) in [5.41, 5.74) is 3.53. The summed E-state index contributed by atoms with van der Waals surface area (Å²) >= 11 is 0. The van der Waals surface area contributed by atoms with Crippen LogP contribution in [-0.4, -0.2) is 33.4 Å². The lowest BCUT2D eigenvalue weighted by Gasteiger charge is -2.29. The second-order valence-corrected chi connectivity index (χ2v) is 5.48. The second kappa shape index (κ2) is 5.60. The van der Waals surface area contributed by atoms with Crippen molar-refractivity contribution < 1.29 is 14.7 Å². The molecule has 112 valence electrons. The number of carboxylic acid groups (broad SMARTS) is 1. The largest absolute Gasteiger partial charge is 0.478 e. The number of amides is 1. The Morgan fingerprint density at radius 3 is 2.82 bits per heavy atom. The van der Waals surface area contributed by atoms with Gasteiger partial charge in [0.1, 0.15) is 0 Å². The first-order valence-electron chi connectivity index (χ1n) is 7.11. The number of fused-ring (bicyclic) bond motifs is 1. The fourth-order valence-electron chi connectivity index (χ4n) is 2.81. The van der Waals surface area contributed by atoms with E-state index in [0.717, 1.165) is 16.7 Å². The maximum Gasteiger partial charge on any atom is 0.337 e. The molecule has 0 unspecified atom stereocenters. The van der Waals surface area contributed by atoms with E-state index in [9.17, 15) is 14.7 Å². The Bertz CT molecular complexity index is 755. The van der Waals surface area contributed by atoms with E-state index in [4.69, 9.17) is 0 Å².